The van der Waals surface area contributed by atoms with Crippen LogP contribution in [0.4, 0.5) is 0 Å². The summed E-state index contributed by atoms with van der Waals surface area (Å²) in [6.07, 6.45) is 11.8. The lowest BCUT2D eigenvalue weighted by atomic mass is 9.62. The van der Waals surface area contributed by atoms with E-state index < -0.39 is 0 Å². The average Bonchev–Trinajstić information content (AvgIpc) is 2.86. The van der Waals surface area contributed by atoms with Gasteiger partial charge in [0, 0.05) is 12.6 Å². The van der Waals surface area contributed by atoms with E-state index in [9.17, 15) is 0 Å². The van der Waals surface area contributed by atoms with Crippen LogP contribution < -0.4 is 5.73 Å². The maximum atomic E-state index is 6.56. The molecule has 3 aliphatic rings. The van der Waals surface area contributed by atoms with Crippen molar-refractivity contribution in [3.05, 3.63) is 0 Å². The maximum Gasteiger partial charge on any atom is 0.0685 e. The van der Waals surface area contributed by atoms with E-state index in [2.05, 4.69) is 20.8 Å². The van der Waals surface area contributed by atoms with Crippen molar-refractivity contribution in [1.29, 1.82) is 0 Å². The summed E-state index contributed by atoms with van der Waals surface area (Å²) in [7, 11) is 0. The van der Waals surface area contributed by atoms with Gasteiger partial charge in [-0.25, -0.2) is 0 Å². The van der Waals surface area contributed by atoms with Gasteiger partial charge in [0.15, 0.2) is 0 Å². The molecule has 1 spiro atoms. The van der Waals surface area contributed by atoms with Crippen molar-refractivity contribution >= 4 is 0 Å². The highest BCUT2D eigenvalue weighted by Gasteiger charge is 2.45. The molecule has 3 rings (SSSR count). The van der Waals surface area contributed by atoms with E-state index in [1.54, 1.807) is 0 Å². The predicted molar refractivity (Wildman–Crippen MR) is 88.1 cm³/mol. The van der Waals surface area contributed by atoms with Crippen LogP contribution in [0.5, 0.6) is 0 Å². The Morgan fingerprint density at radius 1 is 1.05 bits per heavy atom. The average molecular weight is 293 g/mol. The molecule has 1 aliphatic heterocycles. The number of nitrogens with two attached hydrogens (primary N) is 1. The molecule has 1 saturated heterocycles. The van der Waals surface area contributed by atoms with Gasteiger partial charge in [-0.3, -0.25) is 0 Å². The Morgan fingerprint density at radius 3 is 2.43 bits per heavy atom. The second kappa shape index (κ2) is 5.85. The molecule has 2 aliphatic carbocycles. The fourth-order valence-corrected chi connectivity index (χ4v) is 5.36. The molecule has 0 aromatic heterocycles. The molecule has 122 valence electrons. The zero-order valence-electron chi connectivity index (χ0n) is 14.4. The van der Waals surface area contributed by atoms with Crippen LogP contribution in [0.2, 0.25) is 0 Å². The fourth-order valence-electron chi connectivity index (χ4n) is 5.36. The molecular formula is C19H35NO. The van der Waals surface area contributed by atoms with E-state index >= 15 is 0 Å². The highest BCUT2D eigenvalue weighted by Crippen LogP contribution is 2.49. The summed E-state index contributed by atoms with van der Waals surface area (Å²) < 4.78 is 6.24. The number of ether oxygens (including phenoxy) is 1. The van der Waals surface area contributed by atoms with Crippen LogP contribution in [0.15, 0.2) is 0 Å². The van der Waals surface area contributed by atoms with Gasteiger partial charge in [-0.15, -0.1) is 0 Å². The number of hydrogen-bond acceptors (Lipinski definition) is 2. The minimum Gasteiger partial charge on any atom is -0.375 e. The predicted octanol–water partition coefficient (Wildman–Crippen LogP) is 4.52. The SMILES string of the molecule is CC(C)(C)C1CCC(N)C(C2CCOC3(CCCC3)C2)C1. The molecule has 21 heavy (non-hydrogen) atoms. The van der Waals surface area contributed by atoms with Crippen molar-refractivity contribution in [3.8, 4) is 0 Å². The normalized spacial score (nSPS) is 40.6. The summed E-state index contributed by atoms with van der Waals surface area (Å²) in [5.74, 6) is 2.41. The third-order valence-corrected chi connectivity index (χ3v) is 6.83. The van der Waals surface area contributed by atoms with Gasteiger partial charge in [-0.1, -0.05) is 33.6 Å². The molecule has 1 heterocycles. The first-order chi connectivity index (χ1) is 9.90. The first-order valence-electron chi connectivity index (χ1n) is 9.29. The van der Waals surface area contributed by atoms with Crippen molar-refractivity contribution in [2.45, 2.75) is 90.2 Å². The van der Waals surface area contributed by atoms with E-state index in [4.69, 9.17) is 10.5 Å². The summed E-state index contributed by atoms with van der Waals surface area (Å²) in [4.78, 5) is 0. The highest BCUT2D eigenvalue weighted by atomic mass is 16.5. The lowest BCUT2D eigenvalue weighted by Gasteiger charge is -2.47. The van der Waals surface area contributed by atoms with E-state index in [-0.39, 0.29) is 5.60 Å². The van der Waals surface area contributed by atoms with Gasteiger partial charge < -0.3 is 10.5 Å². The van der Waals surface area contributed by atoms with Crippen molar-refractivity contribution < 1.29 is 4.74 Å². The Balaban J connectivity index is 1.69. The quantitative estimate of drug-likeness (QED) is 0.771. The van der Waals surface area contributed by atoms with Crippen molar-refractivity contribution in [2.75, 3.05) is 6.61 Å². The first kappa shape index (κ1) is 15.8. The molecule has 0 bridgehead atoms. The summed E-state index contributed by atoms with van der Waals surface area (Å²) >= 11 is 0. The summed E-state index contributed by atoms with van der Waals surface area (Å²) in [5, 5.41) is 0. The van der Waals surface area contributed by atoms with Gasteiger partial charge in [0.2, 0.25) is 0 Å². The number of hydrogen-bond donors (Lipinski definition) is 1. The Bertz CT molecular complexity index is 353. The second-order valence-electron chi connectivity index (χ2n) is 9.20. The molecule has 0 radical (unpaired) electrons. The molecule has 2 nitrogen and oxygen atoms in total. The molecular weight excluding hydrogens is 258 g/mol. The third kappa shape index (κ3) is 3.32. The zero-order chi connectivity index (χ0) is 15.1. The van der Waals surface area contributed by atoms with Gasteiger partial charge in [0.05, 0.1) is 5.60 Å². The first-order valence-corrected chi connectivity index (χ1v) is 9.29. The molecule has 2 N–H and O–H groups in total. The van der Waals surface area contributed by atoms with Crippen LogP contribution in [0.25, 0.3) is 0 Å². The molecule has 2 saturated carbocycles. The van der Waals surface area contributed by atoms with Gasteiger partial charge in [0.25, 0.3) is 0 Å². The van der Waals surface area contributed by atoms with Crippen molar-refractivity contribution in [3.63, 3.8) is 0 Å². The van der Waals surface area contributed by atoms with E-state index in [0.717, 1.165) is 24.4 Å². The van der Waals surface area contributed by atoms with Crippen LogP contribution in [0.3, 0.4) is 0 Å². The molecule has 4 atom stereocenters. The van der Waals surface area contributed by atoms with E-state index in [0.29, 0.717) is 11.5 Å². The smallest absolute Gasteiger partial charge is 0.0685 e. The van der Waals surface area contributed by atoms with Crippen molar-refractivity contribution in [2.24, 2.45) is 28.9 Å². The van der Waals surface area contributed by atoms with E-state index in [1.165, 1.54) is 57.8 Å². The topological polar surface area (TPSA) is 35.2 Å². The standard InChI is InChI=1S/C19H35NO/c1-18(2,3)15-6-7-17(20)16(12-15)14-8-11-21-19(13-14)9-4-5-10-19/h14-17H,4-13,20H2,1-3H3. The summed E-state index contributed by atoms with van der Waals surface area (Å²) in [6.45, 7) is 8.21. The van der Waals surface area contributed by atoms with E-state index in [1.807, 2.05) is 0 Å². The molecule has 2 heteroatoms. The Kier molecular flexibility index (Phi) is 4.40. The fraction of sp³-hybridized carbons (Fsp3) is 1.00. The summed E-state index contributed by atoms with van der Waals surface area (Å²) in [5.41, 5.74) is 7.25. The zero-order valence-corrected chi connectivity index (χ0v) is 14.4. The lowest BCUT2D eigenvalue weighted by molar-refractivity contribution is -0.108. The number of rotatable bonds is 1. The molecule has 4 unspecified atom stereocenters. The Labute approximate surface area is 131 Å². The van der Waals surface area contributed by atoms with Gasteiger partial charge in [0.1, 0.15) is 0 Å². The monoisotopic (exact) mass is 293 g/mol. The maximum absolute atomic E-state index is 6.56. The third-order valence-electron chi connectivity index (χ3n) is 6.83. The molecule has 0 aromatic rings. The minimum absolute atomic E-state index is 0.247. The minimum atomic E-state index is 0.247. The summed E-state index contributed by atoms with van der Waals surface area (Å²) in [6, 6.07) is 0.435. The van der Waals surface area contributed by atoms with Gasteiger partial charge in [-0.2, -0.15) is 0 Å². The van der Waals surface area contributed by atoms with Crippen LogP contribution >= 0.6 is 0 Å². The van der Waals surface area contributed by atoms with Crippen LogP contribution in [0.1, 0.15) is 78.6 Å². The van der Waals surface area contributed by atoms with Gasteiger partial charge >= 0.3 is 0 Å². The van der Waals surface area contributed by atoms with Crippen LogP contribution in [0, 0.1) is 23.2 Å². The Morgan fingerprint density at radius 2 is 1.76 bits per heavy atom. The largest absolute Gasteiger partial charge is 0.375 e. The molecule has 0 aromatic carbocycles. The second-order valence-corrected chi connectivity index (χ2v) is 9.20. The highest BCUT2D eigenvalue weighted by molar-refractivity contribution is 4.97. The molecule has 0 amide bonds. The van der Waals surface area contributed by atoms with Crippen LogP contribution in [-0.2, 0) is 4.74 Å². The Hall–Kier alpha value is -0.0800. The van der Waals surface area contributed by atoms with Crippen LogP contribution in [-0.4, -0.2) is 18.2 Å². The van der Waals surface area contributed by atoms with Crippen molar-refractivity contribution in [1.82, 2.24) is 0 Å². The lowest BCUT2D eigenvalue weighted by Crippen LogP contribution is -2.47. The molecule has 3 fully saturated rings. The van der Waals surface area contributed by atoms with Gasteiger partial charge in [-0.05, 0) is 68.1 Å².